The number of nitrogens with one attached hydrogen (secondary N) is 1. The zero-order valence-electron chi connectivity index (χ0n) is 17.0. The Morgan fingerprint density at radius 2 is 2.06 bits per heavy atom. The van der Waals surface area contributed by atoms with Crippen LogP contribution >= 0.6 is 0 Å². The van der Waals surface area contributed by atoms with E-state index >= 15 is 0 Å². The molecule has 2 amide bonds. The summed E-state index contributed by atoms with van der Waals surface area (Å²) in [7, 11) is -1.01. The molecule has 3 atom stereocenters. The maximum Gasteiger partial charge on any atom is 0.526 e. The molecule has 1 saturated carbocycles. The maximum atomic E-state index is 11.9. The topological polar surface area (TPSA) is 177 Å². The Hall–Kier alpha value is -2.83. The number of fused-ring (bicyclic) bond motifs is 3. The fraction of sp³-hybridized carbons (Fsp3) is 0.526. The maximum absolute atomic E-state index is 11.9. The number of nitrogens with zero attached hydrogens (tertiary/aromatic N) is 1. The van der Waals surface area contributed by atoms with Gasteiger partial charge in [0.05, 0.1) is 6.54 Å². The van der Waals surface area contributed by atoms with Crippen molar-refractivity contribution in [3.8, 4) is 11.5 Å². The van der Waals surface area contributed by atoms with Gasteiger partial charge in [-0.2, -0.15) is 0 Å². The summed E-state index contributed by atoms with van der Waals surface area (Å²) in [6.45, 7) is 2.52. The van der Waals surface area contributed by atoms with Crippen LogP contribution in [-0.2, 0) is 9.59 Å². The molecule has 0 spiro atoms. The molecule has 0 aromatic heterocycles. The Kier molecular flexibility index (Phi) is 5.32. The molecule has 31 heavy (non-hydrogen) atoms. The van der Waals surface area contributed by atoms with Crippen molar-refractivity contribution in [3.05, 3.63) is 23.3 Å². The summed E-state index contributed by atoms with van der Waals surface area (Å²) in [4.78, 5) is 36.7. The number of primary amides is 2. The van der Waals surface area contributed by atoms with Gasteiger partial charge in [0, 0.05) is 25.5 Å². The molecule has 0 unspecified atom stereocenters. The molecule has 4 rings (SSSR count). The highest BCUT2D eigenvalue weighted by atomic mass is 16.5. The molecule has 1 aliphatic carbocycles. The van der Waals surface area contributed by atoms with Crippen molar-refractivity contribution >= 4 is 24.9 Å². The van der Waals surface area contributed by atoms with Gasteiger partial charge in [-0.15, -0.1) is 0 Å². The van der Waals surface area contributed by atoms with Crippen molar-refractivity contribution < 1.29 is 33.9 Å². The van der Waals surface area contributed by atoms with Crippen LogP contribution in [0.5, 0.6) is 11.5 Å². The molecule has 12 heteroatoms. The van der Waals surface area contributed by atoms with E-state index in [9.17, 15) is 24.5 Å². The zero-order valence-corrected chi connectivity index (χ0v) is 17.0. The Bertz CT molecular complexity index is 938. The van der Waals surface area contributed by atoms with E-state index in [-0.39, 0.29) is 48.0 Å². The second-order valence-corrected chi connectivity index (χ2v) is 8.63. The first-order valence-electron chi connectivity index (χ1n) is 10.1. The third-order valence-electron chi connectivity index (χ3n) is 6.16. The quantitative estimate of drug-likeness (QED) is 0.291. The second kappa shape index (κ2) is 7.70. The molecule has 2 fully saturated rings. The van der Waals surface area contributed by atoms with Gasteiger partial charge in [-0.3, -0.25) is 19.8 Å². The van der Waals surface area contributed by atoms with Crippen molar-refractivity contribution in [2.75, 3.05) is 26.2 Å². The predicted molar refractivity (Wildman–Crippen MR) is 109 cm³/mol. The fourth-order valence-electron chi connectivity index (χ4n) is 4.25. The minimum absolute atomic E-state index is 0.0174. The van der Waals surface area contributed by atoms with Crippen LogP contribution in [0.2, 0.25) is 5.82 Å². The summed E-state index contributed by atoms with van der Waals surface area (Å²) in [5.74, 6) is -1.93. The number of amides is 2. The Morgan fingerprint density at radius 3 is 2.68 bits per heavy atom. The lowest BCUT2D eigenvalue weighted by molar-refractivity contribution is -0.126. The lowest BCUT2D eigenvalue weighted by Crippen LogP contribution is -2.65. The number of aromatic carboxylic acids is 1. The molecule has 3 aliphatic rings. The minimum Gasteiger partial charge on any atom is -0.535 e. The van der Waals surface area contributed by atoms with Crippen LogP contribution in [0.1, 0.15) is 35.2 Å². The van der Waals surface area contributed by atoms with E-state index in [0.29, 0.717) is 13.1 Å². The monoisotopic (exact) mass is 432 g/mol. The van der Waals surface area contributed by atoms with Gasteiger partial charge in [-0.05, 0) is 30.9 Å². The molecule has 0 radical (unpaired) electrons. The fourth-order valence-corrected chi connectivity index (χ4v) is 4.25. The molecule has 2 heterocycles. The molecular weight excluding hydrogens is 407 g/mol. The lowest BCUT2D eigenvalue weighted by Gasteiger charge is -2.43. The van der Waals surface area contributed by atoms with Crippen LogP contribution in [0, 0.1) is 0 Å². The van der Waals surface area contributed by atoms with Crippen LogP contribution in [0.25, 0.3) is 0 Å². The van der Waals surface area contributed by atoms with Gasteiger partial charge >= 0.3 is 13.1 Å². The van der Waals surface area contributed by atoms with Gasteiger partial charge in [0.15, 0.2) is 0 Å². The van der Waals surface area contributed by atoms with E-state index in [4.69, 9.17) is 20.9 Å². The van der Waals surface area contributed by atoms with E-state index in [1.54, 1.807) is 19.1 Å². The number of nitrogens with two attached hydrogens (primary N) is 2. The number of rotatable bonds is 9. The van der Waals surface area contributed by atoms with Crippen LogP contribution in [0.15, 0.2) is 12.1 Å². The van der Waals surface area contributed by atoms with Gasteiger partial charge in [-0.1, -0.05) is 6.07 Å². The number of likely N-dealkylation sites (tertiary alicyclic amines) is 1. The van der Waals surface area contributed by atoms with E-state index in [2.05, 4.69) is 5.32 Å². The molecule has 2 aliphatic heterocycles. The first-order valence-corrected chi connectivity index (χ1v) is 10.1. The number of carboxylic acids is 1. The highest BCUT2D eigenvalue weighted by molar-refractivity contribution is 6.48. The van der Waals surface area contributed by atoms with Crippen molar-refractivity contribution in [1.29, 1.82) is 0 Å². The molecule has 7 N–H and O–H groups in total. The molecule has 0 bridgehead atoms. The van der Waals surface area contributed by atoms with Gasteiger partial charge in [0.25, 0.3) is 0 Å². The molecule has 1 aromatic carbocycles. The SMILES string of the molecule is C[C@@](CN1CC(Oc2ccc3c(c2C(=O)O)OB(O)[C@H]2C[C@@H]32)C1)(NCC(N)=O)C(N)=O. The predicted octanol–water partition coefficient (Wildman–Crippen LogP) is -1.50. The summed E-state index contributed by atoms with van der Waals surface area (Å²) in [5, 5.41) is 22.5. The van der Waals surface area contributed by atoms with Crippen molar-refractivity contribution in [2.45, 2.75) is 36.7 Å². The number of carbonyl (C=O) groups excluding carboxylic acids is 2. The summed E-state index contributed by atoms with van der Waals surface area (Å²) in [6.07, 6.45) is 0.472. The van der Waals surface area contributed by atoms with Crippen molar-refractivity contribution in [1.82, 2.24) is 10.2 Å². The molecule has 1 saturated heterocycles. The van der Waals surface area contributed by atoms with Gasteiger partial charge in [-0.25, -0.2) is 4.79 Å². The molecular formula is C19H25BN4O7. The number of ether oxygens (including phenoxy) is 1. The third kappa shape index (κ3) is 4.05. The van der Waals surface area contributed by atoms with E-state index in [1.807, 2.05) is 4.90 Å². The average molecular weight is 432 g/mol. The van der Waals surface area contributed by atoms with E-state index in [1.165, 1.54) is 0 Å². The number of carbonyl (C=O) groups is 3. The Morgan fingerprint density at radius 1 is 1.35 bits per heavy atom. The molecule has 11 nitrogen and oxygen atoms in total. The largest absolute Gasteiger partial charge is 0.535 e. The second-order valence-electron chi connectivity index (χ2n) is 8.63. The van der Waals surface area contributed by atoms with Crippen LogP contribution in [0.4, 0.5) is 0 Å². The normalized spacial score (nSPS) is 24.1. The lowest BCUT2D eigenvalue weighted by atomic mass is 9.77. The zero-order chi connectivity index (χ0) is 22.5. The van der Waals surface area contributed by atoms with Crippen molar-refractivity contribution in [2.24, 2.45) is 11.5 Å². The van der Waals surface area contributed by atoms with Gasteiger partial charge in [0.2, 0.25) is 11.8 Å². The van der Waals surface area contributed by atoms with Crippen LogP contribution in [-0.4, -0.2) is 77.8 Å². The van der Waals surface area contributed by atoms with E-state index < -0.39 is 30.4 Å². The number of benzene rings is 1. The Balaban J connectivity index is 1.42. The first kappa shape index (κ1) is 21.4. The van der Waals surface area contributed by atoms with E-state index in [0.717, 1.165) is 12.0 Å². The van der Waals surface area contributed by atoms with Gasteiger partial charge < -0.3 is 31.0 Å². The summed E-state index contributed by atoms with van der Waals surface area (Å²) < 4.78 is 11.4. The minimum atomic E-state index is -1.19. The highest BCUT2D eigenvalue weighted by Crippen LogP contribution is 2.60. The summed E-state index contributed by atoms with van der Waals surface area (Å²) in [5.41, 5.74) is 10.1. The highest BCUT2D eigenvalue weighted by Gasteiger charge is 2.54. The standard InChI is InChI=1S/C19H25BN4O7/c1-19(18(22)28,23-5-14(21)25)8-24-6-9(7-24)30-13-3-2-10-11-4-12(11)20(29)31-16(10)15(13)17(26)27/h2-3,9,11-12,23,29H,4-8H2,1H3,(H2,21,25)(H2,22,28)(H,26,27)/t11-,12-,19-/m0/s1. The summed E-state index contributed by atoms with van der Waals surface area (Å²) in [6, 6.07) is 3.42. The number of hydrogen-bond donors (Lipinski definition) is 5. The van der Waals surface area contributed by atoms with Gasteiger partial charge in [0.1, 0.15) is 28.7 Å². The molecule has 1 aromatic rings. The van der Waals surface area contributed by atoms with Crippen molar-refractivity contribution in [3.63, 3.8) is 0 Å². The summed E-state index contributed by atoms with van der Waals surface area (Å²) >= 11 is 0. The average Bonchev–Trinajstić information content (AvgIpc) is 3.45. The number of carboxylic acid groups (broad SMARTS) is 1. The first-order chi connectivity index (χ1) is 14.6. The molecule has 166 valence electrons. The third-order valence-corrected chi connectivity index (χ3v) is 6.16. The Labute approximate surface area is 178 Å². The number of hydrogen-bond acceptors (Lipinski definition) is 8. The smallest absolute Gasteiger partial charge is 0.526 e. The van der Waals surface area contributed by atoms with Crippen LogP contribution < -0.4 is 26.2 Å². The van der Waals surface area contributed by atoms with Crippen LogP contribution in [0.3, 0.4) is 0 Å².